The van der Waals surface area contributed by atoms with Crippen LogP contribution in [0.2, 0.25) is 0 Å². The molecule has 0 saturated heterocycles. The minimum atomic E-state index is -0.115. The van der Waals surface area contributed by atoms with Crippen molar-refractivity contribution in [2.75, 3.05) is 5.73 Å². The standard InChI is InChI=1S/C13H13BrN2O2/c14-12-5-11(15)7-16(13(12)18)6-9-1-3-10(8-17)4-2-9/h1-5,7,17H,6,8,15H2. The summed E-state index contributed by atoms with van der Waals surface area (Å²) < 4.78 is 2.00. The third-order valence-corrected chi connectivity index (χ3v) is 3.19. The SMILES string of the molecule is Nc1cc(Br)c(=O)n(Cc2ccc(CO)cc2)c1. The molecule has 0 aliphatic rings. The molecule has 0 radical (unpaired) electrons. The summed E-state index contributed by atoms with van der Waals surface area (Å²) in [5.74, 6) is 0. The fourth-order valence-corrected chi connectivity index (χ4v) is 2.18. The van der Waals surface area contributed by atoms with Crippen molar-refractivity contribution in [2.45, 2.75) is 13.2 Å². The number of nitrogens with zero attached hydrogens (tertiary/aromatic N) is 1. The number of benzene rings is 1. The largest absolute Gasteiger partial charge is 0.398 e. The molecular weight excluding hydrogens is 296 g/mol. The molecule has 0 spiro atoms. The fourth-order valence-electron chi connectivity index (χ4n) is 1.69. The van der Waals surface area contributed by atoms with Crippen molar-refractivity contribution in [1.29, 1.82) is 0 Å². The van der Waals surface area contributed by atoms with Crippen LogP contribution in [0.25, 0.3) is 0 Å². The third-order valence-electron chi connectivity index (χ3n) is 2.62. The number of halogens is 1. The molecule has 3 N–H and O–H groups in total. The smallest absolute Gasteiger partial charge is 0.265 e. The van der Waals surface area contributed by atoms with Gasteiger partial charge in [-0.25, -0.2) is 0 Å². The molecule has 4 nitrogen and oxygen atoms in total. The van der Waals surface area contributed by atoms with Gasteiger partial charge in [-0.1, -0.05) is 24.3 Å². The van der Waals surface area contributed by atoms with Crippen LogP contribution in [0.5, 0.6) is 0 Å². The van der Waals surface area contributed by atoms with Gasteiger partial charge in [-0.15, -0.1) is 0 Å². The quantitative estimate of drug-likeness (QED) is 0.907. The van der Waals surface area contributed by atoms with E-state index >= 15 is 0 Å². The number of hydrogen-bond acceptors (Lipinski definition) is 3. The van der Waals surface area contributed by atoms with Gasteiger partial charge in [0.15, 0.2) is 0 Å². The second-order valence-electron chi connectivity index (χ2n) is 4.03. The molecule has 0 atom stereocenters. The Morgan fingerprint density at radius 3 is 2.44 bits per heavy atom. The Balaban J connectivity index is 2.31. The number of nitrogen functional groups attached to an aromatic ring is 1. The highest BCUT2D eigenvalue weighted by molar-refractivity contribution is 9.10. The molecule has 1 aromatic carbocycles. The van der Waals surface area contributed by atoms with Gasteiger partial charge in [0.05, 0.1) is 17.6 Å². The first-order valence-electron chi connectivity index (χ1n) is 5.44. The second-order valence-corrected chi connectivity index (χ2v) is 4.88. The predicted molar refractivity (Wildman–Crippen MR) is 74.3 cm³/mol. The Morgan fingerprint density at radius 2 is 1.83 bits per heavy atom. The van der Waals surface area contributed by atoms with Crippen LogP contribution in [-0.4, -0.2) is 9.67 Å². The molecule has 18 heavy (non-hydrogen) atoms. The summed E-state index contributed by atoms with van der Waals surface area (Å²) in [6.07, 6.45) is 1.62. The molecule has 94 valence electrons. The summed E-state index contributed by atoms with van der Waals surface area (Å²) >= 11 is 3.19. The molecule has 5 heteroatoms. The van der Waals surface area contributed by atoms with Crippen molar-refractivity contribution in [3.63, 3.8) is 0 Å². The summed E-state index contributed by atoms with van der Waals surface area (Å²) in [4.78, 5) is 11.9. The lowest BCUT2D eigenvalue weighted by Gasteiger charge is -2.08. The summed E-state index contributed by atoms with van der Waals surface area (Å²) in [5, 5.41) is 8.96. The Hall–Kier alpha value is -1.59. The van der Waals surface area contributed by atoms with Crippen molar-refractivity contribution in [2.24, 2.45) is 0 Å². The van der Waals surface area contributed by atoms with Crippen molar-refractivity contribution in [1.82, 2.24) is 4.57 Å². The maximum absolute atomic E-state index is 11.9. The number of aliphatic hydroxyl groups is 1. The van der Waals surface area contributed by atoms with Crippen LogP contribution >= 0.6 is 15.9 Å². The van der Waals surface area contributed by atoms with Crippen LogP contribution in [0, 0.1) is 0 Å². The van der Waals surface area contributed by atoms with Crippen LogP contribution in [-0.2, 0) is 13.2 Å². The number of anilines is 1. The highest BCUT2D eigenvalue weighted by Gasteiger charge is 2.03. The molecular formula is C13H13BrN2O2. The van der Waals surface area contributed by atoms with Crippen molar-refractivity contribution in [3.05, 3.63) is 62.5 Å². The van der Waals surface area contributed by atoms with Gasteiger partial charge >= 0.3 is 0 Å². The first-order chi connectivity index (χ1) is 8.60. The van der Waals surface area contributed by atoms with Gasteiger partial charge in [0, 0.05) is 11.9 Å². The minimum absolute atomic E-state index is 0.0179. The van der Waals surface area contributed by atoms with E-state index in [2.05, 4.69) is 15.9 Å². The highest BCUT2D eigenvalue weighted by atomic mass is 79.9. The minimum Gasteiger partial charge on any atom is -0.398 e. The van der Waals surface area contributed by atoms with Crippen molar-refractivity contribution < 1.29 is 5.11 Å². The lowest BCUT2D eigenvalue weighted by Crippen LogP contribution is -2.21. The predicted octanol–water partition coefficient (Wildman–Crippen LogP) is 1.73. The molecule has 0 fully saturated rings. The van der Waals surface area contributed by atoms with Crippen molar-refractivity contribution in [3.8, 4) is 0 Å². The van der Waals surface area contributed by atoms with Crippen LogP contribution in [0.4, 0.5) is 5.69 Å². The Morgan fingerprint density at radius 1 is 1.22 bits per heavy atom. The third kappa shape index (κ3) is 2.80. The van der Waals surface area contributed by atoms with E-state index in [1.165, 1.54) is 0 Å². The fraction of sp³-hybridized carbons (Fsp3) is 0.154. The zero-order valence-corrected chi connectivity index (χ0v) is 11.2. The number of rotatable bonds is 3. The zero-order chi connectivity index (χ0) is 13.1. The van der Waals surface area contributed by atoms with Crippen LogP contribution in [0.3, 0.4) is 0 Å². The van der Waals surface area contributed by atoms with E-state index in [1.807, 2.05) is 24.3 Å². The average molecular weight is 309 g/mol. The molecule has 1 heterocycles. The van der Waals surface area contributed by atoms with E-state index in [4.69, 9.17) is 10.8 Å². The number of aromatic nitrogens is 1. The lowest BCUT2D eigenvalue weighted by molar-refractivity contribution is 0.282. The lowest BCUT2D eigenvalue weighted by atomic mass is 10.1. The number of aliphatic hydroxyl groups excluding tert-OH is 1. The van der Waals surface area contributed by atoms with Crippen LogP contribution in [0.1, 0.15) is 11.1 Å². The monoisotopic (exact) mass is 308 g/mol. The first-order valence-corrected chi connectivity index (χ1v) is 6.23. The molecule has 2 rings (SSSR count). The summed E-state index contributed by atoms with van der Waals surface area (Å²) in [6, 6.07) is 9.03. The topological polar surface area (TPSA) is 68.2 Å². The second kappa shape index (κ2) is 5.37. The Kier molecular flexibility index (Phi) is 3.84. The van der Waals surface area contributed by atoms with Gasteiger partial charge < -0.3 is 15.4 Å². The van der Waals surface area contributed by atoms with E-state index in [-0.39, 0.29) is 12.2 Å². The van der Waals surface area contributed by atoms with E-state index < -0.39 is 0 Å². The molecule has 2 aromatic rings. The normalized spacial score (nSPS) is 10.6. The summed E-state index contributed by atoms with van der Waals surface area (Å²) in [7, 11) is 0. The number of pyridine rings is 1. The van der Waals surface area contributed by atoms with Gasteiger partial charge in [0.25, 0.3) is 5.56 Å². The first kappa shape index (κ1) is 12.9. The maximum Gasteiger partial charge on any atom is 0.265 e. The molecule has 0 aliphatic heterocycles. The Labute approximate surface area is 113 Å². The van der Waals surface area contributed by atoms with Gasteiger partial charge in [-0.3, -0.25) is 4.79 Å². The van der Waals surface area contributed by atoms with E-state index in [9.17, 15) is 4.79 Å². The highest BCUT2D eigenvalue weighted by Crippen LogP contribution is 2.10. The van der Waals surface area contributed by atoms with E-state index in [0.29, 0.717) is 16.7 Å². The molecule has 0 saturated carbocycles. The average Bonchev–Trinajstić information content (AvgIpc) is 2.36. The molecule has 0 aliphatic carbocycles. The van der Waals surface area contributed by atoms with Gasteiger partial charge in [0.2, 0.25) is 0 Å². The molecule has 0 unspecified atom stereocenters. The van der Waals surface area contributed by atoms with Crippen LogP contribution < -0.4 is 11.3 Å². The van der Waals surface area contributed by atoms with Crippen molar-refractivity contribution >= 4 is 21.6 Å². The maximum atomic E-state index is 11.9. The van der Waals surface area contributed by atoms with Crippen LogP contribution in [0.15, 0.2) is 45.8 Å². The van der Waals surface area contributed by atoms with Gasteiger partial charge in [-0.2, -0.15) is 0 Å². The molecule has 0 bridgehead atoms. The van der Waals surface area contributed by atoms with Gasteiger partial charge in [0.1, 0.15) is 0 Å². The molecule has 0 amide bonds. The van der Waals surface area contributed by atoms with E-state index in [1.54, 1.807) is 16.8 Å². The molecule has 1 aromatic heterocycles. The summed E-state index contributed by atoms with van der Waals surface area (Å²) in [5.41, 5.74) is 7.95. The number of nitrogens with two attached hydrogens (primary N) is 1. The zero-order valence-electron chi connectivity index (χ0n) is 9.64. The van der Waals surface area contributed by atoms with E-state index in [0.717, 1.165) is 11.1 Å². The van der Waals surface area contributed by atoms with Gasteiger partial charge in [-0.05, 0) is 33.1 Å². The Bertz CT molecular complexity index is 605. The number of hydrogen-bond donors (Lipinski definition) is 2. The summed E-state index contributed by atoms with van der Waals surface area (Å²) in [6.45, 7) is 0.470.